The number of hydrogen-bond acceptors (Lipinski definition) is 0. The van der Waals surface area contributed by atoms with E-state index in [9.17, 15) is 0 Å². The van der Waals surface area contributed by atoms with E-state index in [1.54, 1.807) is 0 Å². The highest BCUT2D eigenvalue weighted by Gasteiger charge is 1.87. The minimum Gasteiger partial charge on any atom is -0.0877 e. The standard InChI is InChI=1S/C11H18/c1-5-7-9-11(4)10(3)8-6-2/h5,7-9H,6H2,1-4H3. The lowest BCUT2D eigenvalue weighted by molar-refractivity contribution is 1.17. The first-order valence-electron chi connectivity index (χ1n) is 4.19. The summed E-state index contributed by atoms with van der Waals surface area (Å²) >= 11 is 0. The highest BCUT2D eigenvalue weighted by atomic mass is 13.9. The van der Waals surface area contributed by atoms with E-state index < -0.39 is 0 Å². The molecule has 0 heterocycles. The predicted octanol–water partition coefficient (Wildman–Crippen LogP) is 3.87. The molecule has 0 amide bonds. The Kier molecular flexibility index (Phi) is 5.54. The van der Waals surface area contributed by atoms with Gasteiger partial charge in [0.05, 0.1) is 0 Å². The Morgan fingerprint density at radius 2 is 1.82 bits per heavy atom. The highest BCUT2D eigenvalue weighted by Crippen LogP contribution is 2.08. The van der Waals surface area contributed by atoms with Gasteiger partial charge in [-0.25, -0.2) is 0 Å². The van der Waals surface area contributed by atoms with Crippen molar-refractivity contribution in [1.29, 1.82) is 0 Å². The minimum atomic E-state index is 1.12. The van der Waals surface area contributed by atoms with E-state index in [2.05, 4.69) is 39.0 Å². The summed E-state index contributed by atoms with van der Waals surface area (Å²) in [4.78, 5) is 0. The summed E-state index contributed by atoms with van der Waals surface area (Å²) in [5.74, 6) is 0. The smallest absolute Gasteiger partial charge is 0.0373 e. The van der Waals surface area contributed by atoms with Crippen molar-refractivity contribution >= 4 is 0 Å². The second kappa shape index (κ2) is 5.96. The Hall–Kier alpha value is -0.780. The van der Waals surface area contributed by atoms with Crippen LogP contribution < -0.4 is 0 Å². The third kappa shape index (κ3) is 4.60. The maximum atomic E-state index is 2.25. The predicted molar refractivity (Wildman–Crippen MR) is 52.6 cm³/mol. The van der Waals surface area contributed by atoms with Crippen LogP contribution in [0.3, 0.4) is 0 Å². The molecule has 0 aliphatic rings. The monoisotopic (exact) mass is 150 g/mol. The van der Waals surface area contributed by atoms with Crippen LogP contribution in [0.1, 0.15) is 34.1 Å². The fraction of sp³-hybridized carbons (Fsp3) is 0.455. The summed E-state index contributed by atoms with van der Waals surface area (Å²) in [6, 6.07) is 0. The van der Waals surface area contributed by atoms with E-state index >= 15 is 0 Å². The van der Waals surface area contributed by atoms with Crippen molar-refractivity contribution in [2.45, 2.75) is 34.1 Å². The van der Waals surface area contributed by atoms with E-state index in [0.29, 0.717) is 0 Å². The normalized spacial score (nSPS) is 14.5. The third-order valence-corrected chi connectivity index (χ3v) is 1.67. The van der Waals surface area contributed by atoms with Crippen LogP contribution in [0.15, 0.2) is 35.5 Å². The number of hydrogen-bond donors (Lipinski definition) is 0. The second-order valence-electron chi connectivity index (χ2n) is 2.67. The molecule has 62 valence electrons. The maximum absolute atomic E-state index is 2.25. The van der Waals surface area contributed by atoms with E-state index in [1.807, 2.05) is 13.0 Å². The van der Waals surface area contributed by atoms with Crippen LogP contribution in [0, 0.1) is 0 Å². The second-order valence-corrected chi connectivity index (χ2v) is 2.67. The van der Waals surface area contributed by atoms with Crippen molar-refractivity contribution in [3.63, 3.8) is 0 Å². The fourth-order valence-corrected chi connectivity index (χ4v) is 0.839. The summed E-state index contributed by atoms with van der Waals surface area (Å²) in [6.45, 7) is 8.48. The molecule has 0 aromatic rings. The van der Waals surface area contributed by atoms with Crippen molar-refractivity contribution in [3.05, 3.63) is 35.5 Å². The van der Waals surface area contributed by atoms with Gasteiger partial charge >= 0.3 is 0 Å². The maximum Gasteiger partial charge on any atom is -0.0373 e. The molecule has 0 radical (unpaired) electrons. The van der Waals surface area contributed by atoms with Gasteiger partial charge in [-0.3, -0.25) is 0 Å². The fourth-order valence-electron chi connectivity index (χ4n) is 0.839. The molecule has 0 aliphatic heterocycles. The van der Waals surface area contributed by atoms with Crippen LogP contribution in [0.25, 0.3) is 0 Å². The lowest BCUT2D eigenvalue weighted by Gasteiger charge is -1.97. The summed E-state index contributed by atoms with van der Waals surface area (Å²) in [7, 11) is 0. The zero-order valence-electron chi connectivity index (χ0n) is 8.02. The largest absolute Gasteiger partial charge is 0.0877 e. The van der Waals surface area contributed by atoms with Crippen molar-refractivity contribution in [2.75, 3.05) is 0 Å². The molecule has 0 fully saturated rings. The van der Waals surface area contributed by atoms with Gasteiger partial charge in [-0.15, -0.1) is 0 Å². The molecule has 0 saturated heterocycles. The molecule has 0 heteroatoms. The molecular formula is C11H18. The molecule has 0 aromatic carbocycles. The molecule has 0 unspecified atom stereocenters. The molecule has 0 spiro atoms. The van der Waals surface area contributed by atoms with E-state index in [1.165, 1.54) is 11.1 Å². The summed E-state index contributed by atoms with van der Waals surface area (Å²) in [5, 5.41) is 0. The lowest BCUT2D eigenvalue weighted by atomic mass is 10.1. The van der Waals surface area contributed by atoms with Crippen LogP contribution in [0.5, 0.6) is 0 Å². The van der Waals surface area contributed by atoms with Gasteiger partial charge in [0.1, 0.15) is 0 Å². The quantitative estimate of drug-likeness (QED) is 0.536. The molecule has 0 rings (SSSR count). The van der Waals surface area contributed by atoms with Gasteiger partial charge in [0, 0.05) is 0 Å². The van der Waals surface area contributed by atoms with E-state index in [0.717, 1.165) is 6.42 Å². The van der Waals surface area contributed by atoms with Gasteiger partial charge in [0.25, 0.3) is 0 Å². The van der Waals surface area contributed by atoms with Crippen LogP contribution in [0.4, 0.5) is 0 Å². The van der Waals surface area contributed by atoms with Gasteiger partial charge in [-0.05, 0) is 32.8 Å². The average molecular weight is 150 g/mol. The minimum absolute atomic E-state index is 1.12. The Labute approximate surface area is 70.3 Å². The summed E-state index contributed by atoms with van der Waals surface area (Å²) < 4.78 is 0. The third-order valence-electron chi connectivity index (χ3n) is 1.67. The zero-order valence-corrected chi connectivity index (χ0v) is 8.02. The van der Waals surface area contributed by atoms with Crippen LogP contribution >= 0.6 is 0 Å². The Morgan fingerprint density at radius 1 is 1.18 bits per heavy atom. The first-order chi connectivity index (χ1) is 5.22. The Bertz CT molecular complexity index is 180. The number of allylic oxidation sites excluding steroid dienone is 6. The molecule has 0 bridgehead atoms. The summed E-state index contributed by atoms with van der Waals surface area (Å²) in [6.07, 6.45) is 9.62. The van der Waals surface area contributed by atoms with E-state index in [-0.39, 0.29) is 0 Å². The molecule has 0 nitrogen and oxygen atoms in total. The molecule has 11 heavy (non-hydrogen) atoms. The first-order valence-corrected chi connectivity index (χ1v) is 4.19. The molecule has 0 N–H and O–H groups in total. The van der Waals surface area contributed by atoms with Gasteiger partial charge in [0.2, 0.25) is 0 Å². The Balaban J connectivity index is 4.22. The molecular weight excluding hydrogens is 132 g/mol. The molecule has 0 aromatic heterocycles. The number of rotatable bonds is 3. The van der Waals surface area contributed by atoms with Crippen LogP contribution in [-0.4, -0.2) is 0 Å². The zero-order chi connectivity index (χ0) is 8.69. The van der Waals surface area contributed by atoms with Crippen LogP contribution in [0.2, 0.25) is 0 Å². The van der Waals surface area contributed by atoms with Crippen molar-refractivity contribution in [3.8, 4) is 0 Å². The lowest BCUT2D eigenvalue weighted by Crippen LogP contribution is -1.77. The summed E-state index contributed by atoms with van der Waals surface area (Å²) in [5.41, 5.74) is 2.73. The van der Waals surface area contributed by atoms with Gasteiger partial charge < -0.3 is 0 Å². The van der Waals surface area contributed by atoms with Gasteiger partial charge in [-0.2, -0.15) is 0 Å². The topological polar surface area (TPSA) is 0 Å². The molecule has 0 atom stereocenters. The molecule has 0 saturated carbocycles. The SMILES string of the molecule is CC=CC=C(C)C(C)=CCC. The van der Waals surface area contributed by atoms with Gasteiger partial charge in [0.15, 0.2) is 0 Å². The van der Waals surface area contributed by atoms with Crippen molar-refractivity contribution in [1.82, 2.24) is 0 Å². The van der Waals surface area contributed by atoms with E-state index in [4.69, 9.17) is 0 Å². The molecule has 0 aliphatic carbocycles. The van der Waals surface area contributed by atoms with Gasteiger partial charge in [-0.1, -0.05) is 36.8 Å². The van der Waals surface area contributed by atoms with Crippen molar-refractivity contribution < 1.29 is 0 Å². The first kappa shape index (κ1) is 10.2. The van der Waals surface area contributed by atoms with Crippen molar-refractivity contribution in [2.24, 2.45) is 0 Å². The highest BCUT2D eigenvalue weighted by molar-refractivity contribution is 5.29. The average Bonchev–Trinajstić information content (AvgIpc) is 2.00. The van der Waals surface area contributed by atoms with Crippen LogP contribution in [-0.2, 0) is 0 Å². The Morgan fingerprint density at radius 3 is 2.27 bits per heavy atom.